The monoisotopic (exact) mass is 444 g/mol. The highest BCUT2D eigenvalue weighted by atomic mass is 16.5. The molecule has 0 aliphatic rings. The Hall–Kier alpha value is -4.27. The zero-order chi connectivity index (χ0) is 23.4. The number of benzene rings is 1. The van der Waals surface area contributed by atoms with Gasteiger partial charge >= 0.3 is 0 Å². The van der Waals surface area contributed by atoms with Crippen LogP contribution >= 0.6 is 0 Å². The Kier molecular flexibility index (Phi) is 6.30. The van der Waals surface area contributed by atoms with Crippen LogP contribution < -0.4 is 15.4 Å². The number of amides is 1. The molecule has 0 aliphatic heterocycles. The number of carbonyl (C=O) groups excluding carboxylic acids is 1. The van der Waals surface area contributed by atoms with Gasteiger partial charge in [-0.05, 0) is 17.7 Å². The van der Waals surface area contributed by atoms with Gasteiger partial charge in [0.05, 0.1) is 23.9 Å². The minimum atomic E-state index is -0.175. The average Bonchev–Trinajstić information content (AvgIpc) is 2.86. The summed E-state index contributed by atoms with van der Waals surface area (Å²) in [5, 5.41) is 16.6. The van der Waals surface area contributed by atoms with E-state index in [0.717, 1.165) is 16.5 Å². The fraction of sp³-hybridized carbons (Fsp3) is 0.208. The van der Waals surface area contributed by atoms with Gasteiger partial charge in [0.15, 0.2) is 5.75 Å². The maximum absolute atomic E-state index is 12.2. The number of methoxy groups -OCH3 is 1. The molecule has 0 aliphatic carbocycles. The number of rotatable bonds is 7. The summed E-state index contributed by atoms with van der Waals surface area (Å²) in [7, 11) is 3.08. The number of anilines is 1. The number of hydrogen-bond acceptors (Lipinski definition) is 8. The Labute approximate surface area is 190 Å². The number of aromatic hydroxyl groups is 1. The lowest BCUT2D eigenvalue weighted by Crippen LogP contribution is -2.18. The van der Waals surface area contributed by atoms with Crippen molar-refractivity contribution >= 4 is 22.6 Å². The fourth-order valence-electron chi connectivity index (χ4n) is 3.64. The number of fused-ring (bicyclic) bond motifs is 1. The van der Waals surface area contributed by atoms with E-state index in [-0.39, 0.29) is 23.5 Å². The van der Waals surface area contributed by atoms with Crippen LogP contribution in [0.1, 0.15) is 28.8 Å². The van der Waals surface area contributed by atoms with Crippen molar-refractivity contribution in [2.24, 2.45) is 0 Å². The smallest absolute Gasteiger partial charge is 0.254 e. The van der Waals surface area contributed by atoms with E-state index in [1.165, 1.54) is 19.6 Å². The predicted octanol–water partition coefficient (Wildman–Crippen LogP) is 3.38. The van der Waals surface area contributed by atoms with Crippen molar-refractivity contribution in [3.63, 3.8) is 0 Å². The van der Waals surface area contributed by atoms with Crippen LogP contribution in [0.2, 0.25) is 0 Å². The van der Waals surface area contributed by atoms with Gasteiger partial charge < -0.3 is 20.5 Å². The molecule has 0 saturated carbocycles. The maximum atomic E-state index is 12.2. The van der Waals surface area contributed by atoms with E-state index in [9.17, 15) is 9.90 Å². The molecule has 168 valence electrons. The van der Waals surface area contributed by atoms with Gasteiger partial charge in [-0.3, -0.25) is 9.78 Å². The summed E-state index contributed by atoms with van der Waals surface area (Å²) < 4.78 is 5.13. The first kappa shape index (κ1) is 21.9. The maximum Gasteiger partial charge on any atom is 0.254 e. The van der Waals surface area contributed by atoms with Crippen molar-refractivity contribution in [1.82, 2.24) is 25.3 Å². The van der Waals surface area contributed by atoms with Gasteiger partial charge in [0.1, 0.15) is 12.1 Å². The molecule has 1 amide bonds. The number of nitrogens with zero attached hydrogens (tertiary/aromatic N) is 4. The molecule has 4 aromatic rings. The highest BCUT2D eigenvalue weighted by Crippen LogP contribution is 2.29. The second-order valence-corrected chi connectivity index (χ2v) is 7.50. The molecule has 3 aromatic heterocycles. The van der Waals surface area contributed by atoms with Crippen LogP contribution in [-0.4, -0.2) is 51.7 Å². The van der Waals surface area contributed by atoms with Crippen molar-refractivity contribution in [3.8, 4) is 22.9 Å². The van der Waals surface area contributed by atoms with Gasteiger partial charge in [0.25, 0.3) is 11.8 Å². The van der Waals surface area contributed by atoms with Crippen molar-refractivity contribution in [2.75, 3.05) is 26.0 Å². The molecule has 3 heterocycles. The van der Waals surface area contributed by atoms with E-state index in [4.69, 9.17) is 4.74 Å². The Morgan fingerprint density at radius 1 is 1.15 bits per heavy atom. The zero-order valence-electron chi connectivity index (χ0n) is 18.5. The molecule has 0 fully saturated rings. The second kappa shape index (κ2) is 9.47. The molecule has 9 nitrogen and oxygen atoms in total. The molecule has 1 aromatic carbocycles. The van der Waals surface area contributed by atoms with Crippen molar-refractivity contribution in [1.29, 1.82) is 0 Å². The Bertz CT molecular complexity index is 1310. The Morgan fingerprint density at radius 3 is 2.79 bits per heavy atom. The number of para-hydroxylation sites is 1. The van der Waals surface area contributed by atoms with E-state index in [1.54, 1.807) is 25.4 Å². The number of pyridine rings is 2. The molecule has 9 heteroatoms. The minimum Gasteiger partial charge on any atom is -0.491 e. The molecule has 0 unspecified atom stereocenters. The zero-order valence-corrected chi connectivity index (χ0v) is 18.5. The predicted molar refractivity (Wildman–Crippen MR) is 126 cm³/mol. The first-order valence-electron chi connectivity index (χ1n) is 10.4. The fourth-order valence-corrected chi connectivity index (χ4v) is 3.64. The lowest BCUT2D eigenvalue weighted by molar-refractivity contribution is 0.0964. The SMILES string of the molecule is CNC(=O)c1ccnc2c([C@H](C)CNc3cc(-c4cnc(O)c(OC)c4)ncn3)cccc12. The van der Waals surface area contributed by atoms with Crippen LogP contribution in [0.3, 0.4) is 0 Å². The molecular formula is C24H24N6O3. The molecule has 1 atom stereocenters. The summed E-state index contributed by atoms with van der Waals surface area (Å²) in [6.45, 7) is 2.69. The van der Waals surface area contributed by atoms with Crippen LogP contribution in [-0.2, 0) is 0 Å². The lowest BCUT2D eigenvalue weighted by atomic mass is 9.96. The Morgan fingerprint density at radius 2 is 2.00 bits per heavy atom. The van der Waals surface area contributed by atoms with E-state index >= 15 is 0 Å². The van der Waals surface area contributed by atoms with Gasteiger partial charge in [0, 0.05) is 48.9 Å². The number of ether oxygens (including phenoxy) is 1. The van der Waals surface area contributed by atoms with E-state index in [0.29, 0.717) is 29.2 Å². The average molecular weight is 444 g/mol. The first-order valence-corrected chi connectivity index (χ1v) is 10.4. The van der Waals surface area contributed by atoms with E-state index in [2.05, 4.69) is 37.5 Å². The summed E-state index contributed by atoms with van der Waals surface area (Å²) in [6, 6.07) is 11.1. The summed E-state index contributed by atoms with van der Waals surface area (Å²) in [5.41, 5.74) is 3.78. The third-order valence-corrected chi connectivity index (χ3v) is 5.41. The van der Waals surface area contributed by atoms with Crippen LogP contribution in [0.4, 0.5) is 5.82 Å². The number of nitrogens with one attached hydrogen (secondary N) is 2. The van der Waals surface area contributed by atoms with Crippen molar-refractivity contribution in [3.05, 3.63) is 66.2 Å². The topological polar surface area (TPSA) is 122 Å². The van der Waals surface area contributed by atoms with E-state index in [1.807, 2.05) is 24.3 Å². The summed E-state index contributed by atoms with van der Waals surface area (Å²) in [4.78, 5) is 29.3. The molecule has 3 N–H and O–H groups in total. The van der Waals surface area contributed by atoms with Gasteiger partial charge in [-0.25, -0.2) is 15.0 Å². The summed E-state index contributed by atoms with van der Waals surface area (Å²) in [5.74, 6) is 0.701. The quantitative estimate of drug-likeness (QED) is 0.397. The highest BCUT2D eigenvalue weighted by Gasteiger charge is 2.15. The van der Waals surface area contributed by atoms with Gasteiger partial charge in [-0.1, -0.05) is 25.1 Å². The van der Waals surface area contributed by atoms with E-state index < -0.39 is 0 Å². The van der Waals surface area contributed by atoms with Gasteiger partial charge in [-0.15, -0.1) is 0 Å². The summed E-state index contributed by atoms with van der Waals surface area (Å²) in [6.07, 6.45) is 4.66. The lowest BCUT2D eigenvalue weighted by Gasteiger charge is -2.16. The molecule has 33 heavy (non-hydrogen) atoms. The number of aromatic nitrogens is 4. The van der Waals surface area contributed by atoms with Crippen molar-refractivity contribution < 1.29 is 14.6 Å². The third kappa shape index (κ3) is 4.52. The van der Waals surface area contributed by atoms with Crippen LogP contribution in [0.25, 0.3) is 22.2 Å². The van der Waals surface area contributed by atoms with Crippen LogP contribution in [0.15, 0.2) is 55.1 Å². The Balaban J connectivity index is 1.55. The number of hydrogen-bond donors (Lipinski definition) is 3. The summed E-state index contributed by atoms with van der Waals surface area (Å²) >= 11 is 0. The first-order chi connectivity index (χ1) is 16.0. The molecule has 0 bridgehead atoms. The molecule has 4 rings (SSSR count). The largest absolute Gasteiger partial charge is 0.491 e. The third-order valence-electron chi connectivity index (χ3n) is 5.41. The van der Waals surface area contributed by atoms with Gasteiger partial charge in [0.2, 0.25) is 0 Å². The highest BCUT2D eigenvalue weighted by molar-refractivity contribution is 6.06. The van der Waals surface area contributed by atoms with Crippen LogP contribution in [0, 0.1) is 0 Å². The molecule has 0 saturated heterocycles. The molecular weight excluding hydrogens is 420 g/mol. The second-order valence-electron chi connectivity index (χ2n) is 7.50. The number of carbonyl (C=O) groups is 1. The standard InChI is InChI=1S/C24H24N6O3/c1-14(16-5-4-6-17-18(23(31)25-2)7-8-26-22(16)17)11-27-21-10-19(29-13-30-21)15-9-20(33-3)24(32)28-12-15/h4-10,12-14H,11H2,1-3H3,(H,25,31)(H,28,32)(H,27,29,30)/t14-/m1/s1. The molecule has 0 spiro atoms. The van der Waals surface area contributed by atoms with Crippen LogP contribution in [0.5, 0.6) is 11.6 Å². The van der Waals surface area contributed by atoms with Gasteiger partial charge in [-0.2, -0.15) is 0 Å². The normalized spacial score (nSPS) is 11.7. The minimum absolute atomic E-state index is 0.0926. The molecule has 0 radical (unpaired) electrons. The van der Waals surface area contributed by atoms with Crippen molar-refractivity contribution in [2.45, 2.75) is 12.8 Å².